The molecule has 0 radical (unpaired) electrons. The summed E-state index contributed by atoms with van der Waals surface area (Å²) in [4.78, 5) is 23.8. The topological polar surface area (TPSA) is 63.6 Å². The van der Waals surface area contributed by atoms with Crippen LogP contribution in [0, 0.1) is 23.2 Å². The Morgan fingerprint density at radius 1 is 1.29 bits per heavy atom. The highest BCUT2D eigenvalue weighted by molar-refractivity contribution is 5.87. The molecule has 0 aromatic heterocycles. The molecule has 0 heterocycles. The fourth-order valence-electron chi connectivity index (χ4n) is 6.69. The Morgan fingerprint density at radius 3 is 2.86 bits per heavy atom. The quantitative estimate of drug-likeness (QED) is 0.702. The number of carbonyl (C=O) groups excluding carboxylic acids is 1. The zero-order valence-corrected chi connectivity index (χ0v) is 17.1. The Labute approximate surface area is 167 Å². The summed E-state index contributed by atoms with van der Waals surface area (Å²) in [7, 11) is 1.72. The van der Waals surface area contributed by atoms with Gasteiger partial charge in [-0.05, 0) is 85.5 Å². The monoisotopic (exact) mass is 384 g/mol. The number of carboxylic acid groups (broad SMARTS) is 1. The van der Waals surface area contributed by atoms with Crippen molar-refractivity contribution in [2.45, 2.75) is 70.6 Å². The van der Waals surface area contributed by atoms with Gasteiger partial charge in [-0.2, -0.15) is 0 Å². The molecule has 5 atom stereocenters. The largest absolute Gasteiger partial charge is 0.497 e. The van der Waals surface area contributed by atoms with Crippen molar-refractivity contribution >= 4 is 11.8 Å². The maximum atomic E-state index is 13.0. The number of aliphatic carboxylic acids is 1. The summed E-state index contributed by atoms with van der Waals surface area (Å²) >= 11 is 0. The highest BCUT2D eigenvalue weighted by Gasteiger charge is 2.58. The first-order valence-corrected chi connectivity index (χ1v) is 10.9. The molecule has 2 saturated carbocycles. The van der Waals surface area contributed by atoms with Crippen molar-refractivity contribution in [1.82, 2.24) is 0 Å². The van der Waals surface area contributed by atoms with Crippen molar-refractivity contribution in [3.05, 3.63) is 29.3 Å². The molecular formula is C24H32O4. The van der Waals surface area contributed by atoms with Gasteiger partial charge in [0.2, 0.25) is 0 Å². The van der Waals surface area contributed by atoms with Gasteiger partial charge < -0.3 is 9.84 Å². The second-order valence-electron chi connectivity index (χ2n) is 9.38. The molecule has 3 aliphatic carbocycles. The zero-order chi connectivity index (χ0) is 19.9. The number of Topliss-reactive ketones (excluding diaryl/α,β-unsaturated/α-hetero) is 1. The van der Waals surface area contributed by atoms with Crippen LogP contribution in [-0.2, 0) is 16.0 Å². The molecule has 0 amide bonds. The van der Waals surface area contributed by atoms with Crippen molar-refractivity contribution < 1.29 is 19.4 Å². The highest BCUT2D eigenvalue weighted by atomic mass is 16.5. The molecule has 0 spiro atoms. The van der Waals surface area contributed by atoms with Crippen molar-refractivity contribution in [2.75, 3.05) is 7.11 Å². The molecule has 28 heavy (non-hydrogen) atoms. The smallest absolute Gasteiger partial charge is 0.303 e. The zero-order valence-electron chi connectivity index (χ0n) is 17.1. The van der Waals surface area contributed by atoms with E-state index in [4.69, 9.17) is 9.84 Å². The van der Waals surface area contributed by atoms with Crippen molar-refractivity contribution in [2.24, 2.45) is 23.2 Å². The lowest BCUT2D eigenvalue weighted by molar-refractivity contribution is -0.137. The van der Waals surface area contributed by atoms with Gasteiger partial charge in [-0.3, -0.25) is 9.59 Å². The van der Waals surface area contributed by atoms with E-state index >= 15 is 0 Å². The van der Waals surface area contributed by atoms with E-state index in [1.165, 1.54) is 11.1 Å². The predicted octanol–water partition coefficient (Wildman–Crippen LogP) is 4.99. The molecule has 1 aromatic carbocycles. The van der Waals surface area contributed by atoms with Gasteiger partial charge in [0.25, 0.3) is 0 Å². The number of ketones is 1. The molecule has 3 aliphatic rings. The fraction of sp³-hybridized carbons (Fsp3) is 0.667. The number of ether oxygens (including phenoxy) is 1. The molecule has 4 rings (SSSR count). The van der Waals surface area contributed by atoms with E-state index in [2.05, 4.69) is 25.1 Å². The standard InChI is InChI=1S/C24H32O4/c1-24-12-11-19-18-10-8-17(28-2)13-15(18)7-9-20(19)23(24)16(14-21(24)25)5-3-4-6-22(26)27/h8,10,13,16,19-20,23H,3-7,9,11-12,14H2,1-2H3,(H,26,27)/t16-,19-,20-,23+,24-/m1/s1. The van der Waals surface area contributed by atoms with E-state index in [0.29, 0.717) is 35.9 Å². The summed E-state index contributed by atoms with van der Waals surface area (Å²) in [6.07, 6.45) is 7.91. The first-order chi connectivity index (χ1) is 13.4. The minimum absolute atomic E-state index is 0.164. The van der Waals surface area contributed by atoms with Crippen LogP contribution < -0.4 is 4.74 Å². The van der Waals surface area contributed by atoms with E-state index in [1.807, 2.05) is 0 Å². The summed E-state index contributed by atoms with van der Waals surface area (Å²) in [5.41, 5.74) is 2.73. The van der Waals surface area contributed by atoms with E-state index in [-0.39, 0.29) is 11.8 Å². The Morgan fingerprint density at radius 2 is 2.11 bits per heavy atom. The maximum absolute atomic E-state index is 13.0. The average molecular weight is 385 g/mol. The normalized spacial score (nSPS) is 33.7. The van der Waals surface area contributed by atoms with E-state index in [1.54, 1.807) is 7.11 Å². The van der Waals surface area contributed by atoms with Crippen LogP contribution >= 0.6 is 0 Å². The van der Waals surface area contributed by atoms with Crippen molar-refractivity contribution in [3.8, 4) is 5.75 Å². The van der Waals surface area contributed by atoms with Gasteiger partial charge >= 0.3 is 5.97 Å². The number of carboxylic acids is 1. The fourth-order valence-corrected chi connectivity index (χ4v) is 6.69. The Hall–Kier alpha value is -1.84. The Balaban J connectivity index is 1.55. The number of unbranched alkanes of at least 4 members (excludes halogenated alkanes) is 1. The Bertz CT molecular complexity index is 770. The second-order valence-corrected chi connectivity index (χ2v) is 9.38. The third-order valence-electron chi connectivity index (χ3n) is 7.99. The second kappa shape index (κ2) is 7.53. The van der Waals surface area contributed by atoms with Crippen LogP contribution in [0.1, 0.15) is 75.3 Å². The summed E-state index contributed by atoms with van der Waals surface area (Å²) in [6.45, 7) is 2.22. The number of hydrogen-bond acceptors (Lipinski definition) is 3. The lowest BCUT2D eigenvalue weighted by atomic mass is 9.54. The summed E-state index contributed by atoms with van der Waals surface area (Å²) < 4.78 is 5.42. The van der Waals surface area contributed by atoms with Crippen LogP contribution in [0.15, 0.2) is 18.2 Å². The minimum atomic E-state index is -0.718. The van der Waals surface area contributed by atoms with E-state index in [9.17, 15) is 9.59 Å². The molecule has 2 fully saturated rings. The third-order valence-corrected chi connectivity index (χ3v) is 7.99. The molecule has 4 heteroatoms. The molecule has 0 saturated heterocycles. The van der Waals surface area contributed by atoms with Crippen molar-refractivity contribution in [1.29, 1.82) is 0 Å². The van der Waals surface area contributed by atoms with Crippen LogP contribution in [0.25, 0.3) is 0 Å². The molecule has 152 valence electrons. The summed E-state index contributed by atoms with van der Waals surface area (Å²) in [5.74, 6) is 2.70. The van der Waals surface area contributed by atoms with Crippen LogP contribution in [0.5, 0.6) is 5.75 Å². The molecule has 0 aliphatic heterocycles. The Kier molecular flexibility index (Phi) is 5.24. The van der Waals surface area contributed by atoms with Gasteiger partial charge in [0, 0.05) is 18.3 Å². The van der Waals surface area contributed by atoms with Gasteiger partial charge in [-0.25, -0.2) is 0 Å². The highest BCUT2D eigenvalue weighted by Crippen LogP contribution is 2.62. The van der Waals surface area contributed by atoms with Gasteiger partial charge in [0.15, 0.2) is 0 Å². The molecule has 0 bridgehead atoms. The molecular weight excluding hydrogens is 352 g/mol. The molecule has 1 aromatic rings. The predicted molar refractivity (Wildman–Crippen MR) is 108 cm³/mol. The first-order valence-electron chi connectivity index (χ1n) is 10.9. The number of carbonyl (C=O) groups is 2. The molecule has 4 nitrogen and oxygen atoms in total. The summed E-state index contributed by atoms with van der Waals surface area (Å²) in [6, 6.07) is 6.53. The van der Waals surface area contributed by atoms with E-state index in [0.717, 1.165) is 50.7 Å². The first kappa shape index (κ1) is 19.5. The number of methoxy groups -OCH3 is 1. The van der Waals surface area contributed by atoms with Gasteiger partial charge in [-0.1, -0.05) is 19.4 Å². The van der Waals surface area contributed by atoms with Crippen LogP contribution in [0.2, 0.25) is 0 Å². The van der Waals surface area contributed by atoms with Gasteiger partial charge in [0.05, 0.1) is 7.11 Å². The van der Waals surface area contributed by atoms with Gasteiger partial charge in [-0.15, -0.1) is 0 Å². The molecule has 1 N–H and O–H groups in total. The summed E-state index contributed by atoms with van der Waals surface area (Å²) in [5, 5.41) is 8.90. The number of rotatable bonds is 6. The SMILES string of the molecule is COc1ccc2c(c1)CC[C@H]1[C@@H]3[C@H](CCCCC(=O)O)CC(=O)[C@@]3(C)CC[C@H]21. The van der Waals surface area contributed by atoms with Gasteiger partial charge in [0.1, 0.15) is 11.5 Å². The number of aryl methyl sites for hydroxylation is 1. The van der Waals surface area contributed by atoms with Crippen LogP contribution in [0.4, 0.5) is 0 Å². The lowest BCUT2D eigenvalue weighted by Crippen LogP contribution is -2.44. The van der Waals surface area contributed by atoms with Crippen LogP contribution in [0.3, 0.4) is 0 Å². The lowest BCUT2D eigenvalue weighted by Gasteiger charge is -2.50. The van der Waals surface area contributed by atoms with Crippen LogP contribution in [-0.4, -0.2) is 24.0 Å². The number of fused-ring (bicyclic) bond motifs is 5. The third kappa shape index (κ3) is 3.25. The maximum Gasteiger partial charge on any atom is 0.303 e. The average Bonchev–Trinajstić information content (AvgIpc) is 2.94. The van der Waals surface area contributed by atoms with Crippen molar-refractivity contribution in [3.63, 3.8) is 0 Å². The number of hydrogen-bond donors (Lipinski definition) is 1. The molecule has 0 unspecified atom stereocenters. The number of benzene rings is 1. The minimum Gasteiger partial charge on any atom is -0.497 e. The van der Waals surface area contributed by atoms with E-state index < -0.39 is 5.97 Å².